The second-order valence-electron chi connectivity index (χ2n) is 10.1. The van der Waals surface area contributed by atoms with Crippen molar-refractivity contribution in [3.63, 3.8) is 0 Å². The first-order chi connectivity index (χ1) is 16.4. The van der Waals surface area contributed by atoms with Gasteiger partial charge in [0.15, 0.2) is 0 Å². The lowest BCUT2D eigenvalue weighted by molar-refractivity contribution is -0.152. The fraction of sp³-hybridized carbons (Fsp3) is 0.731. The second-order valence-corrected chi connectivity index (χ2v) is 10.1. The van der Waals surface area contributed by atoms with Crippen molar-refractivity contribution in [2.24, 2.45) is 11.8 Å². The monoisotopic (exact) mass is 473 g/mol. The molecule has 0 aromatic carbocycles. The van der Waals surface area contributed by atoms with Gasteiger partial charge in [-0.25, -0.2) is 0 Å². The summed E-state index contributed by atoms with van der Waals surface area (Å²) in [7, 11) is 0. The van der Waals surface area contributed by atoms with E-state index in [4.69, 9.17) is 4.74 Å². The molecule has 2 unspecified atom stereocenters. The third kappa shape index (κ3) is 3.70. The predicted octanol–water partition coefficient (Wildman–Crippen LogP) is 1.73. The van der Waals surface area contributed by atoms with Gasteiger partial charge in [0, 0.05) is 25.7 Å². The molecule has 0 aromatic rings. The molecule has 4 aliphatic rings. The SMILES string of the molecule is CCCC(C)N1CC=C[C@]23O[C@H]4C=CCN(CCC)C(=O)[C@H]4[C@H]2C(=O)N([C@@H](CC)CO)C3C1=O. The first-order valence-corrected chi connectivity index (χ1v) is 12.9. The average molecular weight is 474 g/mol. The highest BCUT2D eigenvalue weighted by Gasteiger charge is 2.72. The van der Waals surface area contributed by atoms with Gasteiger partial charge in [0.1, 0.15) is 11.6 Å². The van der Waals surface area contributed by atoms with Crippen molar-refractivity contribution in [2.75, 3.05) is 26.2 Å². The first kappa shape index (κ1) is 24.9. The van der Waals surface area contributed by atoms with E-state index in [0.717, 1.165) is 19.3 Å². The van der Waals surface area contributed by atoms with Crippen molar-refractivity contribution in [1.29, 1.82) is 0 Å². The van der Waals surface area contributed by atoms with E-state index in [-0.39, 0.29) is 30.4 Å². The first-order valence-electron chi connectivity index (χ1n) is 12.9. The van der Waals surface area contributed by atoms with Crippen LogP contribution in [-0.2, 0) is 19.1 Å². The summed E-state index contributed by atoms with van der Waals surface area (Å²) in [6, 6.07) is -1.40. The van der Waals surface area contributed by atoms with Crippen LogP contribution in [0, 0.1) is 11.8 Å². The largest absolute Gasteiger partial charge is 0.394 e. The summed E-state index contributed by atoms with van der Waals surface area (Å²) in [6.07, 6.45) is 10.2. The van der Waals surface area contributed by atoms with E-state index in [1.165, 1.54) is 0 Å². The normalized spacial score (nSPS) is 34.6. The van der Waals surface area contributed by atoms with Gasteiger partial charge >= 0.3 is 0 Å². The topological polar surface area (TPSA) is 90.4 Å². The molecule has 8 heteroatoms. The number of nitrogens with zero attached hydrogens (tertiary/aromatic N) is 3. The number of carbonyl (C=O) groups excluding carboxylic acids is 3. The van der Waals surface area contributed by atoms with Crippen LogP contribution >= 0.6 is 0 Å². The van der Waals surface area contributed by atoms with Crippen LogP contribution in [0.3, 0.4) is 0 Å². The number of likely N-dealkylation sites (tertiary alicyclic amines) is 1. The third-order valence-corrected chi connectivity index (χ3v) is 8.02. The van der Waals surface area contributed by atoms with Crippen LogP contribution in [0.1, 0.15) is 53.4 Å². The highest BCUT2D eigenvalue weighted by Crippen LogP contribution is 2.54. The summed E-state index contributed by atoms with van der Waals surface area (Å²) in [4.78, 5) is 47.0. The Balaban J connectivity index is 1.82. The van der Waals surface area contributed by atoms with Gasteiger partial charge in [0.05, 0.1) is 30.6 Å². The summed E-state index contributed by atoms with van der Waals surface area (Å²) in [6.45, 7) is 9.34. The van der Waals surface area contributed by atoms with Crippen molar-refractivity contribution >= 4 is 17.7 Å². The number of aliphatic hydroxyl groups excluding tert-OH is 1. The molecule has 4 heterocycles. The number of carbonyl (C=O) groups is 3. The molecule has 0 aliphatic carbocycles. The Labute approximate surface area is 202 Å². The van der Waals surface area contributed by atoms with Crippen LogP contribution in [0.2, 0.25) is 0 Å². The lowest BCUT2D eigenvalue weighted by atomic mass is 9.77. The number of hydrogen-bond acceptors (Lipinski definition) is 5. The smallest absolute Gasteiger partial charge is 0.249 e. The Bertz CT molecular complexity index is 868. The zero-order chi connectivity index (χ0) is 24.6. The van der Waals surface area contributed by atoms with Gasteiger partial charge in [-0.05, 0) is 26.2 Å². The van der Waals surface area contributed by atoms with Crippen LogP contribution in [0.25, 0.3) is 0 Å². The molecule has 188 valence electrons. The maximum absolute atomic E-state index is 14.1. The van der Waals surface area contributed by atoms with Crippen LogP contribution in [-0.4, -0.2) is 93.6 Å². The zero-order valence-electron chi connectivity index (χ0n) is 20.9. The molecule has 1 spiro atoms. The summed E-state index contributed by atoms with van der Waals surface area (Å²) in [5, 5.41) is 10.1. The number of ether oxygens (including phenoxy) is 1. The molecule has 0 aromatic heterocycles. The van der Waals surface area contributed by atoms with E-state index < -0.39 is 35.6 Å². The molecule has 2 fully saturated rings. The minimum atomic E-state index is -1.22. The molecule has 8 nitrogen and oxygen atoms in total. The number of aliphatic hydroxyl groups is 1. The van der Waals surface area contributed by atoms with E-state index >= 15 is 0 Å². The molecule has 3 amide bonds. The Hall–Kier alpha value is -2.19. The van der Waals surface area contributed by atoms with Crippen molar-refractivity contribution in [2.45, 2.75) is 83.2 Å². The van der Waals surface area contributed by atoms with Gasteiger partial charge in [-0.15, -0.1) is 0 Å². The number of amides is 3. The van der Waals surface area contributed by atoms with Crippen molar-refractivity contribution in [3.05, 3.63) is 24.3 Å². The molecular weight excluding hydrogens is 434 g/mol. The standard InChI is InChI=1S/C26H39N3O5/c1-5-10-17(4)28-15-9-12-26-21(24(32)29(18(7-3)16-30)22(26)25(28)33)20-19(34-26)11-8-14-27(13-6-2)23(20)31/h8-9,11-12,17-22,30H,5-7,10,13-16H2,1-4H3/t17?,18-,19-,20+,21-,22?,26-/m0/s1. The van der Waals surface area contributed by atoms with Crippen molar-refractivity contribution in [1.82, 2.24) is 14.7 Å². The van der Waals surface area contributed by atoms with Crippen LogP contribution < -0.4 is 0 Å². The molecule has 2 saturated heterocycles. The molecule has 7 atom stereocenters. The van der Waals surface area contributed by atoms with E-state index in [1.807, 2.05) is 50.0 Å². The molecule has 0 saturated carbocycles. The molecule has 0 bridgehead atoms. The van der Waals surface area contributed by atoms with Crippen molar-refractivity contribution < 1.29 is 24.2 Å². The highest BCUT2D eigenvalue weighted by atomic mass is 16.5. The molecule has 1 N–H and O–H groups in total. The third-order valence-electron chi connectivity index (χ3n) is 8.02. The quantitative estimate of drug-likeness (QED) is 0.543. The molecular formula is C26H39N3O5. The lowest BCUT2D eigenvalue weighted by Crippen LogP contribution is -2.59. The minimum absolute atomic E-state index is 0.0101. The number of hydrogen-bond donors (Lipinski definition) is 1. The van der Waals surface area contributed by atoms with Gasteiger partial charge in [-0.3, -0.25) is 14.4 Å². The molecule has 0 radical (unpaired) electrons. The second kappa shape index (κ2) is 9.82. The number of fused-ring (bicyclic) bond motifs is 2. The van der Waals surface area contributed by atoms with E-state index in [9.17, 15) is 19.5 Å². The lowest BCUT2D eigenvalue weighted by Gasteiger charge is -2.39. The highest BCUT2D eigenvalue weighted by molar-refractivity contribution is 6.00. The number of rotatable bonds is 8. The van der Waals surface area contributed by atoms with E-state index in [0.29, 0.717) is 26.1 Å². The summed E-state index contributed by atoms with van der Waals surface area (Å²) in [5.41, 5.74) is -1.22. The fourth-order valence-electron chi connectivity index (χ4n) is 6.39. The maximum atomic E-state index is 14.1. The zero-order valence-corrected chi connectivity index (χ0v) is 20.9. The van der Waals surface area contributed by atoms with Crippen LogP contribution in [0.15, 0.2) is 24.3 Å². The summed E-state index contributed by atoms with van der Waals surface area (Å²) in [5.74, 6) is -1.99. The average Bonchev–Trinajstić information content (AvgIpc) is 3.13. The van der Waals surface area contributed by atoms with Gasteiger partial charge in [0.2, 0.25) is 17.7 Å². The van der Waals surface area contributed by atoms with E-state index in [1.54, 1.807) is 9.80 Å². The van der Waals surface area contributed by atoms with Crippen LogP contribution in [0.4, 0.5) is 0 Å². The predicted molar refractivity (Wildman–Crippen MR) is 128 cm³/mol. The molecule has 34 heavy (non-hydrogen) atoms. The summed E-state index contributed by atoms with van der Waals surface area (Å²) < 4.78 is 6.62. The Kier molecular flexibility index (Phi) is 7.20. The Morgan fingerprint density at radius 2 is 1.85 bits per heavy atom. The minimum Gasteiger partial charge on any atom is -0.394 e. The fourth-order valence-corrected chi connectivity index (χ4v) is 6.39. The van der Waals surface area contributed by atoms with Gasteiger partial charge in [-0.1, -0.05) is 51.5 Å². The van der Waals surface area contributed by atoms with E-state index in [2.05, 4.69) is 6.92 Å². The Morgan fingerprint density at radius 3 is 2.50 bits per heavy atom. The van der Waals surface area contributed by atoms with Gasteiger partial charge in [0.25, 0.3) is 0 Å². The Morgan fingerprint density at radius 1 is 1.09 bits per heavy atom. The molecule has 4 aliphatic heterocycles. The van der Waals surface area contributed by atoms with Crippen molar-refractivity contribution in [3.8, 4) is 0 Å². The maximum Gasteiger partial charge on any atom is 0.249 e. The van der Waals surface area contributed by atoms with Gasteiger partial charge < -0.3 is 24.5 Å². The van der Waals surface area contributed by atoms with Gasteiger partial charge in [-0.2, -0.15) is 0 Å². The van der Waals surface area contributed by atoms with Crippen LogP contribution in [0.5, 0.6) is 0 Å². The molecule has 4 rings (SSSR count). The summed E-state index contributed by atoms with van der Waals surface area (Å²) >= 11 is 0.